The molecule has 2 heterocycles. The maximum Gasteiger partial charge on any atom is 0.261 e. The summed E-state index contributed by atoms with van der Waals surface area (Å²) in [5.74, 6) is -9.32. The lowest BCUT2D eigenvalue weighted by molar-refractivity contribution is -0.356. The molecule has 0 unspecified atom stereocenters. The molecule has 2 aliphatic rings. The van der Waals surface area contributed by atoms with Crippen LogP contribution in [0.2, 0.25) is 0 Å². The number of aliphatic hydroxyl groups excluding tert-OH is 20. The predicted molar refractivity (Wildman–Crippen MR) is 318 cm³/mol. The van der Waals surface area contributed by atoms with Crippen LogP contribution in [0.15, 0.2) is 23.0 Å². The Kier molecular flexibility index (Phi) is 34.6. The van der Waals surface area contributed by atoms with Gasteiger partial charge in [0.25, 0.3) is 5.91 Å². The zero-order chi connectivity index (χ0) is 66.9. The van der Waals surface area contributed by atoms with E-state index in [1.54, 1.807) is 19.9 Å². The summed E-state index contributed by atoms with van der Waals surface area (Å²) in [7, 11) is 1.48. The van der Waals surface area contributed by atoms with E-state index < -0.39 is 213 Å². The van der Waals surface area contributed by atoms with E-state index in [-0.39, 0.29) is 36.7 Å². The number of ketones is 1. The quantitative estimate of drug-likeness (QED) is 0.0148. The van der Waals surface area contributed by atoms with Gasteiger partial charge in [0.05, 0.1) is 91.5 Å². The lowest BCUT2D eigenvalue weighted by atomic mass is 9.77. The molecule has 25 heteroatoms. The molecule has 512 valence electrons. The fourth-order valence-electron chi connectivity index (χ4n) is 12.3. The van der Waals surface area contributed by atoms with Crippen LogP contribution in [0.3, 0.4) is 0 Å². The molecule has 0 aromatic rings. The second-order valence-electron chi connectivity index (χ2n) is 26.4. The molecule has 0 aliphatic carbocycles. The highest BCUT2D eigenvalue weighted by Crippen LogP contribution is 2.36. The van der Waals surface area contributed by atoms with E-state index in [4.69, 9.17) is 4.74 Å². The Hall–Kier alpha value is -2.42. The summed E-state index contributed by atoms with van der Waals surface area (Å²) in [5.41, 5.74) is 0.0730. The third kappa shape index (κ3) is 23.3. The van der Waals surface area contributed by atoms with Crippen molar-refractivity contribution in [1.29, 1.82) is 0 Å². The monoisotopic (exact) mass is 1260 g/mol. The SMILES string of the molecule is CCCCCCCCC[C@@H](O)C[C@]1(O)O[C@H](C[C@H](O)[C@@H](O)[C@@H](O)[C@@H](O)[C@H](O)C[C@@H](O)C[C@@H](O)C[C@@H](O)[C@H](C)[C@H](O)[C@H](C)[C@H](O)C[C@H](O)[C@@H](C)[C@H](O)[C@@H](C)[C@H](O)[C@@H](C)[C@H](O)[C@@H](O)C[C@H](C)C[C@H](C)/C=C(C)/C(O)=C2/C(=O)[C@H](C)N(C)C2=O)[C@@H](O)[C@H](O)[C@@H]1O. The molecule has 2 rings (SSSR count). The number of nitrogens with zero attached hydrogens (tertiary/aromatic N) is 1. The number of rotatable bonds is 41. The fraction of sp³-hybridized carbons (Fsp3) is 0.903. The maximum atomic E-state index is 12.6. The highest BCUT2D eigenvalue weighted by atomic mass is 16.7. The number of aliphatic hydroxyl groups is 21. The van der Waals surface area contributed by atoms with E-state index in [9.17, 15) is 117 Å². The van der Waals surface area contributed by atoms with E-state index in [0.717, 1.165) is 38.5 Å². The molecule has 87 heavy (non-hydrogen) atoms. The molecule has 0 saturated carbocycles. The number of likely N-dealkylation sites (N-methyl/N-ethyl adjacent to an activating group) is 1. The molecule has 2 aliphatic heterocycles. The van der Waals surface area contributed by atoms with Crippen molar-refractivity contribution < 1.29 is 122 Å². The highest BCUT2D eigenvalue weighted by Gasteiger charge is 2.54. The van der Waals surface area contributed by atoms with Crippen molar-refractivity contribution in [3.8, 4) is 0 Å². The zero-order valence-corrected chi connectivity index (χ0v) is 53.1. The van der Waals surface area contributed by atoms with Crippen LogP contribution in [0, 0.1) is 41.4 Å². The first-order chi connectivity index (χ1) is 40.3. The average Bonchev–Trinajstić information content (AvgIpc) is 2.13. The Balaban J connectivity index is 1.88. The van der Waals surface area contributed by atoms with Crippen molar-refractivity contribution in [3.63, 3.8) is 0 Å². The maximum absolute atomic E-state index is 12.6. The minimum absolute atomic E-state index is 0.112. The number of amides is 1. The number of ether oxygens (including phenoxy) is 1. The van der Waals surface area contributed by atoms with Gasteiger partial charge >= 0.3 is 0 Å². The molecule has 2 fully saturated rings. The summed E-state index contributed by atoms with van der Waals surface area (Å²) in [6.45, 7) is 16.3. The Morgan fingerprint density at radius 2 is 0.989 bits per heavy atom. The van der Waals surface area contributed by atoms with Gasteiger partial charge in [-0.15, -0.1) is 0 Å². The third-order valence-corrected chi connectivity index (χ3v) is 18.8. The molecule has 0 aromatic heterocycles. The third-order valence-electron chi connectivity index (χ3n) is 18.8. The molecule has 25 nitrogen and oxygen atoms in total. The molecule has 2 saturated heterocycles. The normalized spacial score (nSPS) is 29.4. The van der Waals surface area contributed by atoms with Crippen molar-refractivity contribution in [3.05, 3.63) is 23.0 Å². The summed E-state index contributed by atoms with van der Waals surface area (Å²) in [4.78, 5) is 26.4. The first kappa shape index (κ1) is 80.7. The predicted octanol–water partition coefficient (Wildman–Crippen LogP) is -1.17. The highest BCUT2D eigenvalue weighted by molar-refractivity contribution is 6.26. The van der Waals surface area contributed by atoms with Gasteiger partial charge in [-0.3, -0.25) is 9.59 Å². The van der Waals surface area contributed by atoms with Gasteiger partial charge in [-0.25, -0.2) is 0 Å². The van der Waals surface area contributed by atoms with Crippen LogP contribution < -0.4 is 0 Å². The summed E-state index contributed by atoms with van der Waals surface area (Å²) in [6.07, 6.45) is -28.2. The second kappa shape index (κ2) is 37.3. The largest absolute Gasteiger partial charge is 0.507 e. The summed E-state index contributed by atoms with van der Waals surface area (Å²) >= 11 is 0. The summed E-state index contributed by atoms with van der Waals surface area (Å²) in [6, 6.07) is -0.694. The Morgan fingerprint density at radius 3 is 1.51 bits per heavy atom. The van der Waals surface area contributed by atoms with Gasteiger partial charge in [0.1, 0.15) is 48.0 Å². The number of hydrogen-bond acceptors (Lipinski definition) is 24. The lowest BCUT2D eigenvalue weighted by Gasteiger charge is -2.47. The molecular weight excluding hydrogens is 1140 g/mol. The van der Waals surface area contributed by atoms with Gasteiger partial charge in [0, 0.05) is 55.9 Å². The molecular formula is C62H115NO24. The van der Waals surface area contributed by atoms with Crippen molar-refractivity contribution >= 4 is 11.7 Å². The van der Waals surface area contributed by atoms with Crippen LogP contribution >= 0.6 is 0 Å². The zero-order valence-electron chi connectivity index (χ0n) is 53.1. The summed E-state index contributed by atoms with van der Waals surface area (Å²) in [5, 5.41) is 229. The van der Waals surface area contributed by atoms with E-state index in [1.807, 2.05) is 13.8 Å². The summed E-state index contributed by atoms with van der Waals surface area (Å²) < 4.78 is 5.50. The number of hydrogen-bond donors (Lipinski definition) is 21. The molecule has 0 aromatic carbocycles. The van der Waals surface area contributed by atoms with Crippen molar-refractivity contribution in [2.75, 3.05) is 7.05 Å². The van der Waals surface area contributed by atoms with E-state index >= 15 is 0 Å². The Morgan fingerprint density at radius 1 is 0.540 bits per heavy atom. The Bertz CT molecular complexity index is 2050. The molecule has 0 bridgehead atoms. The molecule has 21 N–H and O–H groups in total. The fourth-order valence-corrected chi connectivity index (χ4v) is 12.3. The minimum atomic E-state index is -2.59. The smallest absolute Gasteiger partial charge is 0.261 e. The number of likely N-dealkylation sites (tertiary alicyclic amines) is 1. The number of carbonyl (C=O) groups excluding carboxylic acids is 2. The number of Topliss-reactive ketones (excluding diaryl/α,β-unsaturated/α-hetero) is 1. The minimum Gasteiger partial charge on any atom is -0.507 e. The van der Waals surface area contributed by atoms with Gasteiger partial charge in [0.15, 0.2) is 11.6 Å². The van der Waals surface area contributed by atoms with E-state index in [0.29, 0.717) is 18.4 Å². The van der Waals surface area contributed by atoms with Gasteiger partial charge in [0.2, 0.25) is 0 Å². The molecule has 0 spiro atoms. The van der Waals surface area contributed by atoms with Crippen LogP contribution in [0.1, 0.15) is 172 Å². The van der Waals surface area contributed by atoms with Crippen LogP contribution in [-0.4, -0.2) is 265 Å². The molecule has 29 atom stereocenters. The van der Waals surface area contributed by atoms with Crippen molar-refractivity contribution in [1.82, 2.24) is 4.90 Å². The van der Waals surface area contributed by atoms with Crippen LogP contribution in [0.5, 0.6) is 0 Å². The van der Waals surface area contributed by atoms with Gasteiger partial charge in [-0.2, -0.15) is 0 Å². The Labute approximate surface area is 513 Å². The van der Waals surface area contributed by atoms with Gasteiger partial charge < -0.3 is 117 Å². The van der Waals surface area contributed by atoms with Gasteiger partial charge in [-0.1, -0.05) is 106 Å². The first-order valence-corrected chi connectivity index (χ1v) is 31.5. The molecule has 0 radical (unpaired) electrons. The molecule has 1 amide bonds. The lowest BCUT2D eigenvalue weighted by Crippen LogP contribution is -2.65. The van der Waals surface area contributed by atoms with Crippen LogP contribution in [0.4, 0.5) is 0 Å². The second-order valence-corrected chi connectivity index (χ2v) is 26.4. The van der Waals surface area contributed by atoms with Crippen LogP contribution in [-0.2, 0) is 14.3 Å². The average molecular weight is 1260 g/mol. The van der Waals surface area contributed by atoms with E-state index in [2.05, 4.69) is 6.92 Å². The topological polar surface area (TPSA) is 471 Å². The van der Waals surface area contributed by atoms with Crippen molar-refractivity contribution in [2.45, 2.75) is 306 Å². The first-order valence-electron chi connectivity index (χ1n) is 31.5. The standard InChI is InChI=1S/C62H115NO24/c1-12-13-14-15-16-17-18-19-38(64)28-62(86)60(84)59(83)57(81)47(87-62)27-46(72)56(80)58(82)55(79)45(71)25-40(66)23-39(65)24-41(67)32(5)50(74)33(6)42(68)26-43(69)34(7)51(75)35(8)52(76)36(9)53(77)44(70)22-30(3)20-29(2)21-31(4)49(73)48-54(78)37(10)63(11)61(48)85/h21,29-30,32-47,50-53,55-60,64-77,79-84,86H,12-20,22-28H2,1-11H3/b31-21+,49-48+/t29-,30+,32-,33+,34+,35+,36+,37-,38+,39+,40-,41+,42+,43-,44-,45+,46-,47+,50-,51-,52-,53-,55-,56+,57+,58-,59-,60-,62-/m0/s1. The number of carbonyl (C=O) groups is 2. The van der Waals surface area contributed by atoms with E-state index in [1.165, 1.54) is 46.6 Å². The van der Waals surface area contributed by atoms with Crippen LogP contribution in [0.25, 0.3) is 0 Å². The number of allylic oxidation sites excluding steroid dienone is 2. The van der Waals surface area contributed by atoms with Crippen molar-refractivity contribution in [2.24, 2.45) is 41.4 Å². The van der Waals surface area contributed by atoms with Gasteiger partial charge in [-0.05, 0) is 69.8 Å². The number of unbranched alkanes of at least 4 members (excludes halogenated alkanes) is 6.